The molecule has 35 heavy (non-hydrogen) atoms. The van der Waals surface area contributed by atoms with Gasteiger partial charge in [-0.05, 0) is 78.4 Å². The van der Waals surface area contributed by atoms with E-state index in [2.05, 4.69) is 141 Å². The summed E-state index contributed by atoms with van der Waals surface area (Å²) >= 11 is 0. The van der Waals surface area contributed by atoms with Gasteiger partial charge in [0.15, 0.2) is 0 Å². The van der Waals surface area contributed by atoms with Gasteiger partial charge in [-0.2, -0.15) is 0 Å². The third-order valence-corrected chi connectivity index (χ3v) is 7.34. The first-order chi connectivity index (χ1) is 15.5. The lowest BCUT2D eigenvalue weighted by Gasteiger charge is -2.42. The van der Waals surface area contributed by atoms with Crippen LogP contribution >= 0.6 is 0 Å². The van der Waals surface area contributed by atoms with Crippen LogP contribution in [-0.4, -0.2) is 0 Å². The van der Waals surface area contributed by atoms with Crippen molar-refractivity contribution in [2.45, 2.75) is 150 Å². The number of hydrogen-bond donors (Lipinski definition) is 0. The molecule has 0 spiro atoms. The van der Waals surface area contributed by atoms with Gasteiger partial charge in [0, 0.05) is 0 Å². The van der Waals surface area contributed by atoms with Crippen LogP contribution in [0.3, 0.4) is 0 Å². The average molecular weight is 477 g/mol. The van der Waals surface area contributed by atoms with Crippen molar-refractivity contribution in [2.24, 2.45) is 0 Å². The Labute approximate surface area is 219 Å². The maximum absolute atomic E-state index is 2.58. The van der Waals surface area contributed by atoms with Crippen molar-refractivity contribution in [2.75, 3.05) is 0 Å². The van der Waals surface area contributed by atoms with Crippen molar-refractivity contribution < 1.29 is 0 Å². The van der Waals surface area contributed by atoms with Gasteiger partial charge in [-0.1, -0.05) is 141 Å². The normalized spacial score (nSPS) is 14.9. The van der Waals surface area contributed by atoms with Gasteiger partial charge in [0.1, 0.15) is 0 Å². The Hall–Kier alpha value is -1.56. The highest BCUT2D eigenvalue weighted by Crippen LogP contribution is 2.48. The maximum Gasteiger partial charge on any atom is -0.0126 e. The van der Waals surface area contributed by atoms with Crippen molar-refractivity contribution in [1.29, 1.82) is 0 Å². The highest BCUT2D eigenvalue weighted by atomic mass is 14.4. The molecule has 0 saturated carbocycles. The Morgan fingerprint density at radius 2 is 0.886 bits per heavy atom. The van der Waals surface area contributed by atoms with Gasteiger partial charge in [0.2, 0.25) is 0 Å². The van der Waals surface area contributed by atoms with Crippen LogP contribution in [0.1, 0.15) is 156 Å². The molecule has 2 aromatic carbocycles. The molecule has 0 radical (unpaired) electrons. The summed E-state index contributed by atoms with van der Waals surface area (Å²) in [5, 5.41) is 0. The minimum absolute atomic E-state index is 0.0682. The standard InChI is InChI=1S/C35H56/c1-23(21-24-17-19-25(20-18-24)31(2,3)4)28-29(34(11,12)13)26(32(5,6)7)22-27(33(8,9)10)30(28)35(14,15)16/h17-20,22-23H,21H2,1-16H3. The smallest absolute Gasteiger partial charge is 0.0126 e. The van der Waals surface area contributed by atoms with Gasteiger partial charge in [0.25, 0.3) is 0 Å². The third kappa shape index (κ3) is 6.81. The molecule has 0 nitrogen and oxygen atoms in total. The molecular formula is C35H56. The van der Waals surface area contributed by atoms with Gasteiger partial charge >= 0.3 is 0 Å². The summed E-state index contributed by atoms with van der Waals surface area (Å²) in [5.41, 5.74) is 11.1. The van der Waals surface area contributed by atoms with E-state index in [1.54, 1.807) is 16.7 Å². The van der Waals surface area contributed by atoms with Gasteiger partial charge in [-0.3, -0.25) is 0 Å². The molecule has 0 N–H and O–H groups in total. The minimum Gasteiger partial charge on any atom is -0.0587 e. The van der Waals surface area contributed by atoms with E-state index in [0.717, 1.165) is 6.42 Å². The molecule has 0 aliphatic heterocycles. The van der Waals surface area contributed by atoms with Crippen molar-refractivity contribution >= 4 is 0 Å². The predicted octanol–water partition coefficient (Wildman–Crippen LogP) is 10.5. The van der Waals surface area contributed by atoms with E-state index in [1.165, 1.54) is 22.3 Å². The topological polar surface area (TPSA) is 0 Å². The average Bonchev–Trinajstić information content (AvgIpc) is 2.63. The maximum atomic E-state index is 2.58. The Kier molecular flexibility index (Phi) is 7.96. The fraction of sp³-hybridized carbons (Fsp3) is 0.657. The fourth-order valence-corrected chi connectivity index (χ4v) is 5.59. The van der Waals surface area contributed by atoms with Crippen LogP contribution in [0.2, 0.25) is 0 Å². The van der Waals surface area contributed by atoms with Gasteiger partial charge in [-0.25, -0.2) is 0 Å². The van der Waals surface area contributed by atoms with E-state index < -0.39 is 0 Å². The summed E-state index contributed by atoms with van der Waals surface area (Å²) in [4.78, 5) is 0. The fourth-order valence-electron chi connectivity index (χ4n) is 5.59. The predicted molar refractivity (Wildman–Crippen MR) is 159 cm³/mol. The number of benzene rings is 2. The zero-order valence-electron chi connectivity index (χ0n) is 26.2. The first-order valence-corrected chi connectivity index (χ1v) is 13.8. The van der Waals surface area contributed by atoms with E-state index in [9.17, 15) is 0 Å². The third-order valence-electron chi connectivity index (χ3n) is 7.34. The van der Waals surface area contributed by atoms with Crippen molar-refractivity contribution in [1.82, 2.24) is 0 Å². The Bertz CT molecular complexity index is 961. The highest BCUT2D eigenvalue weighted by Gasteiger charge is 2.37. The van der Waals surface area contributed by atoms with E-state index in [0.29, 0.717) is 5.92 Å². The molecule has 196 valence electrons. The summed E-state index contributed by atoms with van der Waals surface area (Å²) < 4.78 is 0. The lowest BCUT2D eigenvalue weighted by atomic mass is 9.63. The zero-order chi connectivity index (χ0) is 27.4. The van der Waals surface area contributed by atoms with Crippen LogP contribution in [-0.2, 0) is 33.5 Å². The van der Waals surface area contributed by atoms with Gasteiger partial charge in [0.05, 0.1) is 0 Å². The highest BCUT2D eigenvalue weighted by molar-refractivity contribution is 5.57. The second kappa shape index (κ2) is 9.39. The van der Waals surface area contributed by atoms with Crippen LogP contribution < -0.4 is 0 Å². The molecule has 0 heterocycles. The molecule has 2 aromatic rings. The summed E-state index contributed by atoms with van der Waals surface area (Å²) in [5.74, 6) is 0.433. The van der Waals surface area contributed by atoms with Gasteiger partial charge < -0.3 is 0 Å². The zero-order valence-corrected chi connectivity index (χ0v) is 26.2. The summed E-state index contributed by atoms with van der Waals surface area (Å²) in [7, 11) is 0. The quantitative estimate of drug-likeness (QED) is 0.413. The minimum atomic E-state index is 0.0682. The molecule has 0 aromatic heterocycles. The van der Waals surface area contributed by atoms with E-state index in [1.807, 2.05) is 0 Å². The van der Waals surface area contributed by atoms with E-state index >= 15 is 0 Å². The molecule has 1 unspecified atom stereocenters. The van der Waals surface area contributed by atoms with Gasteiger partial charge in [-0.15, -0.1) is 0 Å². The molecule has 2 rings (SSSR count). The number of hydrogen-bond acceptors (Lipinski definition) is 0. The molecule has 0 saturated heterocycles. The SMILES string of the molecule is CC(Cc1ccc(C(C)(C)C)cc1)c1c(C(C)(C)C)c(C(C)(C)C)cc(C(C)(C)C)c1C(C)(C)C. The van der Waals surface area contributed by atoms with Crippen molar-refractivity contribution in [3.05, 3.63) is 69.3 Å². The van der Waals surface area contributed by atoms with Crippen LogP contribution in [0.25, 0.3) is 0 Å². The van der Waals surface area contributed by atoms with Crippen LogP contribution in [0.5, 0.6) is 0 Å². The molecule has 0 bridgehead atoms. The Balaban J connectivity index is 2.91. The Morgan fingerprint density at radius 1 is 0.514 bits per heavy atom. The monoisotopic (exact) mass is 476 g/mol. The first kappa shape index (κ1) is 29.7. The molecule has 1 atom stereocenters. The summed E-state index contributed by atoms with van der Waals surface area (Å²) in [6.07, 6.45) is 1.06. The van der Waals surface area contributed by atoms with E-state index in [4.69, 9.17) is 0 Å². The molecule has 0 aliphatic rings. The van der Waals surface area contributed by atoms with Crippen molar-refractivity contribution in [3.8, 4) is 0 Å². The lowest BCUT2D eigenvalue weighted by Crippen LogP contribution is -2.32. The lowest BCUT2D eigenvalue weighted by molar-refractivity contribution is 0.483. The molecule has 0 aliphatic carbocycles. The summed E-state index contributed by atoms with van der Waals surface area (Å²) in [6.45, 7) is 38.2. The second-order valence-electron chi connectivity index (χ2n) is 16.2. The van der Waals surface area contributed by atoms with Crippen LogP contribution in [0, 0.1) is 0 Å². The number of rotatable bonds is 3. The second-order valence-corrected chi connectivity index (χ2v) is 16.2. The largest absolute Gasteiger partial charge is 0.0587 e. The molecule has 0 amide bonds. The van der Waals surface area contributed by atoms with Crippen LogP contribution in [0.15, 0.2) is 30.3 Å². The van der Waals surface area contributed by atoms with E-state index in [-0.39, 0.29) is 27.1 Å². The molecular weight excluding hydrogens is 420 g/mol. The van der Waals surface area contributed by atoms with Crippen LogP contribution in [0.4, 0.5) is 0 Å². The Morgan fingerprint density at radius 3 is 1.17 bits per heavy atom. The summed E-state index contributed by atoms with van der Waals surface area (Å²) in [6, 6.07) is 12.0. The van der Waals surface area contributed by atoms with Crippen molar-refractivity contribution in [3.63, 3.8) is 0 Å². The molecule has 0 heteroatoms. The first-order valence-electron chi connectivity index (χ1n) is 13.8. The molecule has 0 fully saturated rings.